The summed E-state index contributed by atoms with van der Waals surface area (Å²) in [7, 11) is 0. The number of esters is 4. The summed E-state index contributed by atoms with van der Waals surface area (Å²) < 4.78 is 27.8. The Hall–Kier alpha value is -2.15. The van der Waals surface area contributed by atoms with Crippen LogP contribution in [-0.4, -0.2) is 80.0 Å². The van der Waals surface area contributed by atoms with Crippen LogP contribution in [0.25, 0.3) is 0 Å². The van der Waals surface area contributed by atoms with Crippen molar-refractivity contribution in [1.29, 1.82) is 0 Å². The van der Waals surface area contributed by atoms with Crippen molar-refractivity contribution in [2.75, 3.05) is 6.61 Å². The number of carbonyl (C=O) groups is 4. The van der Waals surface area contributed by atoms with Gasteiger partial charge in [-0.1, -0.05) is 0 Å². The standard InChI is InChI=1S/C20H24O9Te/c1-11(21)25-10-16-17(26-12(2)22)18(27-13(3)23)19(28-14(4)24)20(29-16)30-15-8-6-5-7-9-15/h5-9,16-20H,10H2,1-4H3/t16-,17-,18+,19-,20+/m1/s1. The molecule has 0 N–H and O–H groups in total. The van der Waals surface area contributed by atoms with E-state index in [1.807, 2.05) is 30.3 Å². The predicted octanol–water partition coefficient (Wildman–Crippen LogP) is 0.0992. The Morgan fingerprint density at radius 1 is 0.800 bits per heavy atom. The van der Waals surface area contributed by atoms with Gasteiger partial charge in [-0.3, -0.25) is 0 Å². The summed E-state index contributed by atoms with van der Waals surface area (Å²) in [6.07, 6.45) is -4.10. The topological polar surface area (TPSA) is 114 Å². The quantitative estimate of drug-likeness (QED) is 0.272. The monoisotopic (exact) mass is 538 g/mol. The summed E-state index contributed by atoms with van der Waals surface area (Å²) in [5.41, 5.74) is 0. The van der Waals surface area contributed by atoms with Crippen molar-refractivity contribution in [2.24, 2.45) is 0 Å². The van der Waals surface area contributed by atoms with Crippen LogP contribution in [0.15, 0.2) is 30.3 Å². The minimum absolute atomic E-state index is 0.212. The summed E-state index contributed by atoms with van der Waals surface area (Å²) in [5.74, 6) is -2.41. The molecular weight excluding hydrogens is 512 g/mol. The second kappa shape index (κ2) is 11.3. The molecule has 0 unspecified atom stereocenters. The second-order valence-electron chi connectivity index (χ2n) is 6.50. The molecule has 0 amide bonds. The third-order valence-electron chi connectivity index (χ3n) is 3.94. The molecule has 0 bridgehead atoms. The number of hydrogen-bond acceptors (Lipinski definition) is 9. The van der Waals surface area contributed by atoms with Crippen molar-refractivity contribution < 1.29 is 42.9 Å². The Kier molecular flexibility index (Phi) is 9.08. The van der Waals surface area contributed by atoms with Gasteiger partial charge in [0.05, 0.1) is 0 Å². The van der Waals surface area contributed by atoms with E-state index in [9.17, 15) is 19.2 Å². The normalized spacial score (nSPS) is 25.7. The molecule has 9 nitrogen and oxygen atoms in total. The van der Waals surface area contributed by atoms with E-state index in [2.05, 4.69) is 0 Å². The number of ether oxygens (including phenoxy) is 5. The summed E-state index contributed by atoms with van der Waals surface area (Å²) >= 11 is -1.11. The van der Waals surface area contributed by atoms with Gasteiger partial charge in [-0.25, -0.2) is 0 Å². The van der Waals surface area contributed by atoms with Gasteiger partial charge in [0.2, 0.25) is 0 Å². The van der Waals surface area contributed by atoms with Gasteiger partial charge in [-0.2, -0.15) is 0 Å². The average Bonchev–Trinajstić information content (AvgIpc) is 2.64. The maximum absolute atomic E-state index is 11.8. The Labute approximate surface area is 184 Å². The fourth-order valence-electron chi connectivity index (χ4n) is 2.92. The van der Waals surface area contributed by atoms with E-state index >= 15 is 0 Å². The molecule has 5 atom stereocenters. The van der Waals surface area contributed by atoms with Crippen molar-refractivity contribution in [3.05, 3.63) is 30.3 Å². The van der Waals surface area contributed by atoms with Crippen LogP contribution in [0.1, 0.15) is 27.7 Å². The van der Waals surface area contributed by atoms with Crippen molar-refractivity contribution in [3.8, 4) is 0 Å². The summed E-state index contributed by atoms with van der Waals surface area (Å²) in [6, 6.07) is 9.49. The third-order valence-corrected chi connectivity index (χ3v) is 7.24. The SMILES string of the molecule is CC(=O)OC[C@H]1O[C@@H]([Te]c2ccccc2)[C@H](OC(C)=O)[C@@H](OC(C)=O)[C@@H]1OC(C)=O. The molecule has 30 heavy (non-hydrogen) atoms. The molecule has 1 aliphatic heterocycles. The van der Waals surface area contributed by atoms with E-state index in [-0.39, 0.29) is 6.61 Å². The van der Waals surface area contributed by atoms with Gasteiger partial charge in [0.15, 0.2) is 0 Å². The fraction of sp³-hybridized carbons (Fsp3) is 0.500. The first-order valence-electron chi connectivity index (χ1n) is 9.19. The molecule has 10 heteroatoms. The number of carbonyl (C=O) groups excluding carboxylic acids is 4. The molecule has 2 rings (SSSR count). The molecule has 0 aromatic heterocycles. The molecule has 1 aliphatic rings. The molecule has 0 radical (unpaired) electrons. The van der Waals surface area contributed by atoms with Crippen LogP contribution in [0.4, 0.5) is 0 Å². The third kappa shape index (κ3) is 7.27. The van der Waals surface area contributed by atoms with Crippen LogP contribution in [0, 0.1) is 0 Å². The van der Waals surface area contributed by atoms with Crippen LogP contribution < -0.4 is 3.61 Å². The Balaban J connectivity index is 2.42. The van der Waals surface area contributed by atoms with Crippen molar-refractivity contribution in [3.63, 3.8) is 0 Å². The molecule has 0 spiro atoms. The summed E-state index contributed by atoms with van der Waals surface area (Å²) in [5, 5.41) is 0. The van der Waals surface area contributed by atoms with E-state index in [0.717, 1.165) is 3.61 Å². The van der Waals surface area contributed by atoms with Crippen molar-refractivity contribution in [2.45, 2.75) is 56.3 Å². The average molecular weight is 536 g/mol. The molecule has 1 saturated heterocycles. The van der Waals surface area contributed by atoms with Gasteiger partial charge < -0.3 is 0 Å². The molecule has 1 aromatic rings. The minimum atomic E-state index is -1.12. The Bertz CT molecular complexity index is 767. The molecule has 1 heterocycles. The maximum atomic E-state index is 11.8. The van der Waals surface area contributed by atoms with Crippen LogP contribution in [0.2, 0.25) is 0 Å². The van der Waals surface area contributed by atoms with Crippen LogP contribution >= 0.6 is 0 Å². The van der Waals surface area contributed by atoms with Gasteiger partial charge in [-0.05, 0) is 0 Å². The first kappa shape index (κ1) is 24.1. The fourth-order valence-corrected chi connectivity index (χ4v) is 6.13. The first-order valence-corrected chi connectivity index (χ1v) is 11.7. The van der Waals surface area contributed by atoms with Crippen LogP contribution in [0.3, 0.4) is 0 Å². The van der Waals surface area contributed by atoms with Crippen LogP contribution in [0.5, 0.6) is 0 Å². The molecule has 0 saturated carbocycles. The molecule has 1 fully saturated rings. The zero-order valence-electron chi connectivity index (χ0n) is 17.1. The van der Waals surface area contributed by atoms with Crippen molar-refractivity contribution >= 4 is 48.4 Å². The number of rotatable bonds is 7. The van der Waals surface area contributed by atoms with Gasteiger partial charge in [0.25, 0.3) is 0 Å². The zero-order valence-corrected chi connectivity index (χ0v) is 19.4. The van der Waals surface area contributed by atoms with Gasteiger partial charge in [0.1, 0.15) is 0 Å². The van der Waals surface area contributed by atoms with Crippen molar-refractivity contribution in [1.82, 2.24) is 0 Å². The summed E-state index contributed by atoms with van der Waals surface area (Å²) in [4.78, 5) is 46.6. The Morgan fingerprint density at radius 3 is 1.87 bits per heavy atom. The van der Waals surface area contributed by atoms with E-state index < -0.39 is 73.4 Å². The van der Waals surface area contributed by atoms with E-state index in [1.54, 1.807) is 0 Å². The van der Waals surface area contributed by atoms with Gasteiger partial charge in [-0.15, -0.1) is 0 Å². The zero-order chi connectivity index (χ0) is 22.3. The molecule has 164 valence electrons. The molecule has 1 aromatic carbocycles. The Morgan fingerprint density at radius 2 is 1.33 bits per heavy atom. The van der Waals surface area contributed by atoms with E-state index in [0.29, 0.717) is 0 Å². The second-order valence-corrected chi connectivity index (χ2v) is 9.84. The predicted molar refractivity (Wildman–Crippen MR) is 104 cm³/mol. The van der Waals surface area contributed by atoms with Crippen LogP contribution in [-0.2, 0) is 42.9 Å². The number of hydrogen-bond donors (Lipinski definition) is 0. The van der Waals surface area contributed by atoms with Gasteiger partial charge in [0, 0.05) is 0 Å². The number of benzene rings is 1. The van der Waals surface area contributed by atoms with E-state index in [1.165, 1.54) is 27.7 Å². The molecule has 0 aliphatic carbocycles. The molecular formula is C20H24O9Te. The van der Waals surface area contributed by atoms with E-state index in [4.69, 9.17) is 23.7 Å². The summed E-state index contributed by atoms with van der Waals surface area (Å²) in [6.45, 7) is 4.66. The first-order chi connectivity index (χ1) is 14.2. The van der Waals surface area contributed by atoms with Gasteiger partial charge >= 0.3 is 184 Å².